The predicted molar refractivity (Wildman–Crippen MR) is 149 cm³/mol. The number of rotatable bonds is 2. The highest BCUT2D eigenvalue weighted by Gasteiger charge is 2.45. The second kappa shape index (κ2) is 7.97. The third-order valence-electron chi connectivity index (χ3n) is 7.36. The molecule has 1 aliphatic heterocycles. The van der Waals surface area contributed by atoms with Crippen LogP contribution in [-0.2, 0) is 6.04 Å². The van der Waals surface area contributed by atoms with Gasteiger partial charge >= 0.3 is 8.32 Å². The van der Waals surface area contributed by atoms with Crippen LogP contribution in [0.5, 0.6) is 5.75 Å². The van der Waals surface area contributed by atoms with Gasteiger partial charge in [-0.2, -0.15) is 0 Å². The van der Waals surface area contributed by atoms with Crippen LogP contribution in [-0.4, -0.2) is 8.32 Å². The van der Waals surface area contributed by atoms with Crippen LogP contribution >= 0.6 is 0 Å². The third-order valence-corrected chi connectivity index (χ3v) is 11.3. The van der Waals surface area contributed by atoms with E-state index in [-0.39, 0.29) is 0 Å². The maximum Gasteiger partial charge on any atom is 0.319 e. The van der Waals surface area contributed by atoms with E-state index < -0.39 is 8.32 Å². The molecule has 0 N–H and O–H groups in total. The highest BCUT2D eigenvalue weighted by molar-refractivity contribution is 6.97. The van der Waals surface area contributed by atoms with Gasteiger partial charge in [0.2, 0.25) is 0 Å². The SMILES string of the molecule is c1ccc([Si]2(c3ccccc3)Cc3ccc4ccccc4c3-c3c(ccc4ccccc34)O2)cc1. The molecule has 6 aromatic rings. The summed E-state index contributed by atoms with van der Waals surface area (Å²) in [6.45, 7) is 0. The van der Waals surface area contributed by atoms with Crippen LogP contribution in [0.25, 0.3) is 32.7 Å². The molecule has 0 aliphatic carbocycles. The minimum Gasteiger partial charge on any atom is -0.534 e. The van der Waals surface area contributed by atoms with Gasteiger partial charge in [-0.05, 0) is 49.1 Å². The van der Waals surface area contributed by atoms with Crippen molar-refractivity contribution in [1.82, 2.24) is 0 Å². The fourth-order valence-corrected chi connectivity index (χ4v) is 9.64. The molecule has 6 aromatic carbocycles. The summed E-state index contributed by atoms with van der Waals surface area (Å²) in [6.07, 6.45) is 0. The molecule has 0 amide bonds. The van der Waals surface area contributed by atoms with Crippen LogP contribution in [0.3, 0.4) is 0 Å². The fraction of sp³-hybridized carbons (Fsp3) is 0.0303. The Hall–Kier alpha value is -4.14. The van der Waals surface area contributed by atoms with E-state index in [1.54, 1.807) is 0 Å². The molecule has 1 heterocycles. The van der Waals surface area contributed by atoms with E-state index in [2.05, 4.69) is 133 Å². The van der Waals surface area contributed by atoms with Crippen molar-refractivity contribution >= 4 is 40.2 Å². The molecule has 0 saturated carbocycles. The summed E-state index contributed by atoms with van der Waals surface area (Å²) >= 11 is 0. The van der Waals surface area contributed by atoms with Crippen molar-refractivity contribution in [2.24, 2.45) is 0 Å². The fourth-order valence-electron chi connectivity index (χ4n) is 5.75. The second-order valence-corrected chi connectivity index (χ2v) is 12.7. The summed E-state index contributed by atoms with van der Waals surface area (Å²) < 4.78 is 7.40. The molecule has 35 heavy (non-hydrogen) atoms. The maximum atomic E-state index is 7.40. The minimum absolute atomic E-state index is 0.879. The summed E-state index contributed by atoms with van der Waals surface area (Å²) in [4.78, 5) is 0. The van der Waals surface area contributed by atoms with Crippen molar-refractivity contribution in [2.45, 2.75) is 6.04 Å². The Labute approximate surface area is 206 Å². The zero-order valence-electron chi connectivity index (χ0n) is 19.3. The van der Waals surface area contributed by atoms with Crippen molar-refractivity contribution in [3.05, 3.63) is 139 Å². The summed E-state index contributed by atoms with van der Waals surface area (Å²) in [5.41, 5.74) is 3.89. The van der Waals surface area contributed by atoms with E-state index >= 15 is 0 Å². The molecule has 0 radical (unpaired) electrons. The largest absolute Gasteiger partial charge is 0.534 e. The summed E-state index contributed by atoms with van der Waals surface area (Å²) in [6, 6.07) is 49.1. The van der Waals surface area contributed by atoms with Crippen molar-refractivity contribution in [1.29, 1.82) is 0 Å². The maximum absolute atomic E-state index is 7.40. The zero-order chi connectivity index (χ0) is 23.2. The molecule has 0 unspecified atom stereocenters. The van der Waals surface area contributed by atoms with Crippen LogP contribution in [0.1, 0.15) is 5.56 Å². The second-order valence-electron chi connectivity index (χ2n) is 9.32. The van der Waals surface area contributed by atoms with Crippen molar-refractivity contribution < 1.29 is 4.43 Å². The number of fused-ring (bicyclic) bond motifs is 7. The minimum atomic E-state index is -2.66. The lowest BCUT2D eigenvalue weighted by molar-refractivity contribution is 0.567. The predicted octanol–water partition coefficient (Wildman–Crippen LogP) is 6.89. The Morgan fingerprint density at radius 3 is 1.60 bits per heavy atom. The quantitative estimate of drug-likeness (QED) is 0.253. The highest BCUT2D eigenvalue weighted by atomic mass is 28.4. The number of benzene rings is 6. The summed E-state index contributed by atoms with van der Waals surface area (Å²) in [7, 11) is -2.66. The van der Waals surface area contributed by atoms with E-state index in [0.29, 0.717) is 0 Å². The molecule has 0 spiro atoms. The molecule has 0 aromatic heterocycles. The van der Waals surface area contributed by atoms with Gasteiger partial charge in [-0.15, -0.1) is 0 Å². The Morgan fingerprint density at radius 1 is 0.457 bits per heavy atom. The molecule has 1 nitrogen and oxygen atoms in total. The van der Waals surface area contributed by atoms with Gasteiger partial charge in [0.1, 0.15) is 5.75 Å². The smallest absolute Gasteiger partial charge is 0.319 e. The van der Waals surface area contributed by atoms with Crippen molar-refractivity contribution in [3.8, 4) is 16.9 Å². The Balaban J connectivity index is 1.64. The Bertz CT molecular complexity index is 1560. The van der Waals surface area contributed by atoms with Gasteiger partial charge in [-0.1, -0.05) is 127 Å². The first kappa shape index (κ1) is 20.2. The molecule has 0 saturated heterocycles. The van der Waals surface area contributed by atoms with Crippen LogP contribution in [0.4, 0.5) is 0 Å². The van der Waals surface area contributed by atoms with Gasteiger partial charge < -0.3 is 4.43 Å². The van der Waals surface area contributed by atoms with Crippen LogP contribution in [0.2, 0.25) is 0 Å². The molecule has 0 bridgehead atoms. The van der Waals surface area contributed by atoms with E-state index in [4.69, 9.17) is 4.43 Å². The molecule has 0 atom stereocenters. The number of hydrogen-bond acceptors (Lipinski definition) is 1. The van der Waals surface area contributed by atoms with Crippen LogP contribution in [0, 0.1) is 0 Å². The molecular formula is C33H24OSi. The first-order valence-electron chi connectivity index (χ1n) is 12.2. The van der Waals surface area contributed by atoms with Crippen molar-refractivity contribution in [2.75, 3.05) is 0 Å². The van der Waals surface area contributed by atoms with Gasteiger partial charge in [0.05, 0.1) is 0 Å². The summed E-state index contributed by atoms with van der Waals surface area (Å²) in [5, 5.41) is 7.63. The zero-order valence-corrected chi connectivity index (χ0v) is 20.3. The van der Waals surface area contributed by atoms with Gasteiger partial charge in [-0.3, -0.25) is 0 Å². The average Bonchev–Trinajstić information content (AvgIpc) is 3.10. The van der Waals surface area contributed by atoms with E-state index in [0.717, 1.165) is 11.8 Å². The standard InChI is InChI=1S/C33H24OSi/c1-3-13-27(14-4-1)35(28-15-5-2-6-16-28)23-26-20-19-24-11-7-9-17-29(24)32(26)33-30-18-10-8-12-25(30)21-22-31(33)34-35/h1-22H,23H2. The molecule has 1 aliphatic rings. The molecule has 7 rings (SSSR count). The number of hydrogen-bond donors (Lipinski definition) is 0. The van der Waals surface area contributed by atoms with E-state index in [1.807, 2.05) is 0 Å². The molecule has 0 fully saturated rings. The molecular weight excluding hydrogens is 440 g/mol. The topological polar surface area (TPSA) is 9.23 Å². The molecule has 2 heteroatoms. The Kier molecular flexibility index (Phi) is 4.61. The first-order chi connectivity index (χ1) is 17.3. The monoisotopic (exact) mass is 464 g/mol. The van der Waals surface area contributed by atoms with E-state index in [9.17, 15) is 0 Å². The third kappa shape index (κ3) is 3.14. The van der Waals surface area contributed by atoms with Crippen LogP contribution in [0.15, 0.2) is 133 Å². The van der Waals surface area contributed by atoms with E-state index in [1.165, 1.54) is 48.6 Å². The lowest BCUT2D eigenvalue weighted by Crippen LogP contribution is -2.65. The van der Waals surface area contributed by atoms with Gasteiger partial charge in [0.25, 0.3) is 0 Å². The normalized spacial score (nSPS) is 14.1. The van der Waals surface area contributed by atoms with Gasteiger partial charge in [-0.25, -0.2) is 0 Å². The summed E-state index contributed by atoms with van der Waals surface area (Å²) in [5.74, 6) is 0.984. The van der Waals surface area contributed by atoms with Crippen LogP contribution < -0.4 is 14.8 Å². The highest BCUT2D eigenvalue weighted by Crippen LogP contribution is 2.46. The Morgan fingerprint density at radius 2 is 0.971 bits per heavy atom. The lowest BCUT2D eigenvalue weighted by atomic mass is 9.90. The molecule has 166 valence electrons. The lowest BCUT2D eigenvalue weighted by Gasteiger charge is -2.32. The van der Waals surface area contributed by atoms with Gasteiger partial charge in [0, 0.05) is 11.6 Å². The average molecular weight is 465 g/mol. The first-order valence-corrected chi connectivity index (χ1v) is 14.3. The van der Waals surface area contributed by atoms with Gasteiger partial charge in [0.15, 0.2) is 0 Å². The van der Waals surface area contributed by atoms with Crippen molar-refractivity contribution in [3.63, 3.8) is 0 Å².